The number of aliphatic imine (C=N–C) groups is 1. The third-order valence-corrected chi connectivity index (χ3v) is 3.07. The van der Waals surface area contributed by atoms with Crippen LogP contribution >= 0.6 is 0 Å². The summed E-state index contributed by atoms with van der Waals surface area (Å²) in [5.41, 5.74) is 1.71. The standard InChI is InChI=1S/C15H13FN2/c16-13-9-5-4-8-12(13)15-17-10-14(18-15)11-6-2-1-3-7-11/h1-9,14H,10H2,(H,17,18). The maximum absolute atomic E-state index is 13.7. The van der Waals surface area contributed by atoms with Crippen LogP contribution in [0.2, 0.25) is 0 Å². The van der Waals surface area contributed by atoms with E-state index in [1.807, 2.05) is 24.3 Å². The van der Waals surface area contributed by atoms with Gasteiger partial charge in [0.1, 0.15) is 11.7 Å². The van der Waals surface area contributed by atoms with Gasteiger partial charge in [-0.05, 0) is 17.7 Å². The minimum Gasteiger partial charge on any atom is -0.361 e. The quantitative estimate of drug-likeness (QED) is 0.857. The van der Waals surface area contributed by atoms with Crippen molar-refractivity contribution in [2.45, 2.75) is 6.04 Å². The lowest BCUT2D eigenvalue weighted by molar-refractivity contribution is 0.623. The van der Waals surface area contributed by atoms with Crippen LogP contribution in [0.3, 0.4) is 0 Å². The lowest BCUT2D eigenvalue weighted by atomic mass is 10.1. The Labute approximate surface area is 105 Å². The van der Waals surface area contributed by atoms with Crippen molar-refractivity contribution in [3.63, 3.8) is 0 Å². The summed E-state index contributed by atoms with van der Waals surface area (Å²) in [5, 5.41) is 3.27. The van der Waals surface area contributed by atoms with Crippen LogP contribution in [-0.2, 0) is 0 Å². The Morgan fingerprint density at radius 3 is 2.50 bits per heavy atom. The van der Waals surface area contributed by atoms with Gasteiger partial charge in [-0.2, -0.15) is 0 Å². The number of benzene rings is 2. The molecular formula is C15H13FN2. The van der Waals surface area contributed by atoms with Crippen LogP contribution in [0.25, 0.3) is 0 Å². The summed E-state index contributed by atoms with van der Waals surface area (Å²) in [6.45, 7) is 0.647. The number of hydrogen-bond donors (Lipinski definition) is 1. The molecule has 1 unspecified atom stereocenters. The highest BCUT2D eigenvalue weighted by Crippen LogP contribution is 2.20. The van der Waals surface area contributed by atoms with Crippen LogP contribution in [-0.4, -0.2) is 12.4 Å². The molecule has 1 aliphatic rings. The molecule has 2 aromatic rings. The molecular weight excluding hydrogens is 227 g/mol. The number of hydrogen-bond acceptors (Lipinski definition) is 2. The first-order valence-corrected chi connectivity index (χ1v) is 5.95. The van der Waals surface area contributed by atoms with Crippen LogP contribution in [0.15, 0.2) is 59.6 Å². The van der Waals surface area contributed by atoms with Crippen molar-refractivity contribution in [1.82, 2.24) is 5.32 Å². The van der Waals surface area contributed by atoms with E-state index in [9.17, 15) is 4.39 Å². The van der Waals surface area contributed by atoms with Crippen molar-refractivity contribution in [3.8, 4) is 0 Å². The molecule has 18 heavy (non-hydrogen) atoms. The van der Waals surface area contributed by atoms with E-state index in [1.165, 1.54) is 11.6 Å². The molecule has 0 bridgehead atoms. The maximum Gasteiger partial charge on any atom is 0.134 e. The van der Waals surface area contributed by atoms with E-state index in [0.717, 1.165) is 0 Å². The zero-order valence-electron chi connectivity index (χ0n) is 9.81. The van der Waals surface area contributed by atoms with E-state index >= 15 is 0 Å². The van der Waals surface area contributed by atoms with Gasteiger partial charge in [-0.15, -0.1) is 0 Å². The molecule has 0 amide bonds. The number of amidine groups is 1. The summed E-state index contributed by atoms with van der Waals surface area (Å²) in [6, 6.07) is 16.9. The highest BCUT2D eigenvalue weighted by atomic mass is 19.1. The van der Waals surface area contributed by atoms with Crippen molar-refractivity contribution < 1.29 is 4.39 Å². The fourth-order valence-corrected chi connectivity index (χ4v) is 2.13. The van der Waals surface area contributed by atoms with Crippen molar-refractivity contribution >= 4 is 5.84 Å². The van der Waals surface area contributed by atoms with E-state index in [1.54, 1.807) is 12.1 Å². The van der Waals surface area contributed by atoms with E-state index < -0.39 is 0 Å². The highest BCUT2D eigenvalue weighted by molar-refractivity contribution is 6.00. The van der Waals surface area contributed by atoms with Gasteiger partial charge in [-0.25, -0.2) is 4.39 Å². The number of nitrogens with one attached hydrogen (secondary N) is 1. The second kappa shape index (κ2) is 4.61. The van der Waals surface area contributed by atoms with Crippen LogP contribution in [0.4, 0.5) is 4.39 Å². The van der Waals surface area contributed by atoms with E-state index in [4.69, 9.17) is 0 Å². The molecule has 90 valence electrons. The molecule has 0 saturated carbocycles. The maximum atomic E-state index is 13.7. The van der Waals surface area contributed by atoms with Gasteiger partial charge < -0.3 is 5.32 Å². The molecule has 0 fully saturated rings. The summed E-state index contributed by atoms with van der Waals surface area (Å²) in [5.74, 6) is 0.402. The van der Waals surface area contributed by atoms with Crippen molar-refractivity contribution in [3.05, 3.63) is 71.5 Å². The van der Waals surface area contributed by atoms with Crippen molar-refractivity contribution in [1.29, 1.82) is 0 Å². The lowest BCUT2D eigenvalue weighted by Crippen LogP contribution is -2.24. The Balaban J connectivity index is 1.82. The van der Waals surface area contributed by atoms with E-state index in [2.05, 4.69) is 22.4 Å². The van der Waals surface area contributed by atoms with E-state index in [-0.39, 0.29) is 11.9 Å². The van der Waals surface area contributed by atoms with Gasteiger partial charge in [-0.1, -0.05) is 42.5 Å². The van der Waals surface area contributed by atoms with Gasteiger partial charge in [0.05, 0.1) is 18.2 Å². The van der Waals surface area contributed by atoms with Gasteiger partial charge in [0.25, 0.3) is 0 Å². The largest absolute Gasteiger partial charge is 0.361 e. The van der Waals surface area contributed by atoms with Gasteiger partial charge in [0, 0.05) is 0 Å². The first-order chi connectivity index (χ1) is 8.84. The van der Waals surface area contributed by atoms with Gasteiger partial charge in [0.15, 0.2) is 0 Å². The van der Waals surface area contributed by atoms with Crippen molar-refractivity contribution in [2.24, 2.45) is 4.99 Å². The number of rotatable bonds is 2. The third kappa shape index (κ3) is 1.99. The average Bonchev–Trinajstić information content (AvgIpc) is 2.90. The fraction of sp³-hybridized carbons (Fsp3) is 0.133. The summed E-state index contributed by atoms with van der Waals surface area (Å²) < 4.78 is 13.7. The van der Waals surface area contributed by atoms with Gasteiger partial charge in [0.2, 0.25) is 0 Å². The van der Waals surface area contributed by atoms with E-state index in [0.29, 0.717) is 17.9 Å². The zero-order chi connectivity index (χ0) is 12.4. The molecule has 1 N–H and O–H groups in total. The number of nitrogens with zero attached hydrogens (tertiary/aromatic N) is 1. The Kier molecular flexibility index (Phi) is 2.81. The first kappa shape index (κ1) is 11.0. The molecule has 2 nitrogen and oxygen atoms in total. The predicted molar refractivity (Wildman–Crippen MR) is 70.1 cm³/mol. The minimum atomic E-state index is -0.238. The molecule has 1 heterocycles. The normalized spacial score (nSPS) is 18.3. The molecule has 3 rings (SSSR count). The SMILES string of the molecule is Fc1ccccc1C1=NCC(c2ccccc2)N1. The molecule has 0 aliphatic carbocycles. The van der Waals surface area contributed by atoms with Crippen LogP contribution < -0.4 is 5.32 Å². The third-order valence-electron chi connectivity index (χ3n) is 3.07. The summed E-state index contributed by atoms with van der Waals surface area (Å²) in [4.78, 5) is 4.39. The topological polar surface area (TPSA) is 24.4 Å². The Morgan fingerprint density at radius 2 is 1.72 bits per heavy atom. The average molecular weight is 240 g/mol. The van der Waals surface area contributed by atoms with Crippen molar-refractivity contribution in [2.75, 3.05) is 6.54 Å². The second-order valence-electron chi connectivity index (χ2n) is 4.28. The Hall–Kier alpha value is -2.16. The molecule has 0 spiro atoms. The summed E-state index contributed by atoms with van der Waals surface area (Å²) in [6.07, 6.45) is 0. The highest BCUT2D eigenvalue weighted by Gasteiger charge is 2.21. The molecule has 1 aliphatic heterocycles. The molecule has 3 heteroatoms. The zero-order valence-corrected chi connectivity index (χ0v) is 9.81. The Morgan fingerprint density at radius 1 is 1.00 bits per heavy atom. The molecule has 0 aromatic heterocycles. The summed E-state index contributed by atoms with van der Waals surface area (Å²) in [7, 11) is 0. The van der Waals surface area contributed by atoms with Crippen LogP contribution in [0.5, 0.6) is 0 Å². The minimum absolute atomic E-state index is 0.140. The predicted octanol–water partition coefficient (Wildman–Crippen LogP) is 2.92. The monoisotopic (exact) mass is 240 g/mol. The summed E-state index contributed by atoms with van der Waals surface area (Å²) >= 11 is 0. The molecule has 0 radical (unpaired) electrons. The second-order valence-corrected chi connectivity index (χ2v) is 4.28. The molecule has 1 atom stereocenters. The molecule has 0 saturated heterocycles. The fourth-order valence-electron chi connectivity index (χ4n) is 2.13. The van der Waals surface area contributed by atoms with Gasteiger partial charge >= 0.3 is 0 Å². The van der Waals surface area contributed by atoms with Crippen LogP contribution in [0.1, 0.15) is 17.2 Å². The number of halogens is 1. The molecule has 2 aromatic carbocycles. The van der Waals surface area contributed by atoms with Crippen LogP contribution in [0, 0.1) is 5.82 Å². The van der Waals surface area contributed by atoms with Gasteiger partial charge in [-0.3, -0.25) is 4.99 Å². The Bertz CT molecular complexity index is 578. The smallest absolute Gasteiger partial charge is 0.134 e. The first-order valence-electron chi connectivity index (χ1n) is 5.95. The lowest BCUT2D eigenvalue weighted by Gasteiger charge is -2.12.